The standard InChI is InChI=1S/C10H11N3O2S/c1-2-8(16-5-1)10-13-12-9(15-10)7-6-14-4-3-11-7/h1-2,5,7,11H,3-4,6H2/t7-/m1/s1. The number of nitrogens with one attached hydrogen (secondary N) is 1. The van der Waals surface area contributed by atoms with Crippen LogP contribution in [0.25, 0.3) is 10.8 Å². The summed E-state index contributed by atoms with van der Waals surface area (Å²) < 4.78 is 11.0. The lowest BCUT2D eigenvalue weighted by Gasteiger charge is -2.20. The Morgan fingerprint density at radius 3 is 3.19 bits per heavy atom. The number of hydrogen-bond donors (Lipinski definition) is 1. The number of morpholine rings is 1. The summed E-state index contributed by atoms with van der Waals surface area (Å²) in [5, 5.41) is 13.3. The summed E-state index contributed by atoms with van der Waals surface area (Å²) in [6.07, 6.45) is 0. The molecule has 1 aliphatic heterocycles. The third-order valence-electron chi connectivity index (χ3n) is 2.39. The minimum absolute atomic E-state index is 0.0231. The Labute approximate surface area is 96.4 Å². The Hall–Kier alpha value is -1.24. The van der Waals surface area contributed by atoms with E-state index < -0.39 is 0 Å². The summed E-state index contributed by atoms with van der Waals surface area (Å²) >= 11 is 1.59. The van der Waals surface area contributed by atoms with Gasteiger partial charge in [0.1, 0.15) is 6.04 Å². The largest absolute Gasteiger partial charge is 0.418 e. The van der Waals surface area contributed by atoms with Gasteiger partial charge in [0.05, 0.1) is 18.1 Å². The van der Waals surface area contributed by atoms with Crippen LogP contribution < -0.4 is 5.32 Å². The molecule has 0 radical (unpaired) electrons. The minimum Gasteiger partial charge on any atom is -0.418 e. The van der Waals surface area contributed by atoms with Crippen LogP contribution in [0.2, 0.25) is 0 Å². The molecule has 6 heteroatoms. The van der Waals surface area contributed by atoms with Crippen LogP contribution >= 0.6 is 11.3 Å². The first kappa shape index (κ1) is 9.95. The zero-order chi connectivity index (χ0) is 10.8. The Bertz CT molecular complexity index is 448. The fraction of sp³-hybridized carbons (Fsp3) is 0.400. The van der Waals surface area contributed by atoms with Gasteiger partial charge < -0.3 is 14.5 Å². The number of rotatable bonds is 2. The number of ether oxygens (including phenoxy) is 1. The predicted octanol–water partition coefficient (Wildman–Crippen LogP) is 1.46. The van der Waals surface area contributed by atoms with E-state index >= 15 is 0 Å². The smallest absolute Gasteiger partial charge is 0.257 e. The molecule has 1 atom stereocenters. The van der Waals surface area contributed by atoms with Gasteiger partial charge in [-0.1, -0.05) is 6.07 Å². The highest BCUT2D eigenvalue weighted by molar-refractivity contribution is 7.13. The van der Waals surface area contributed by atoms with Crippen molar-refractivity contribution in [1.29, 1.82) is 0 Å². The first-order chi connectivity index (χ1) is 7.93. The Morgan fingerprint density at radius 1 is 1.44 bits per heavy atom. The zero-order valence-electron chi connectivity index (χ0n) is 8.55. The van der Waals surface area contributed by atoms with E-state index in [0.717, 1.165) is 18.0 Å². The average molecular weight is 237 g/mol. The van der Waals surface area contributed by atoms with Crippen molar-refractivity contribution in [3.63, 3.8) is 0 Å². The quantitative estimate of drug-likeness (QED) is 0.856. The molecule has 1 aliphatic rings. The van der Waals surface area contributed by atoms with Gasteiger partial charge in [-0.15, -0.1) is 21.5 Å². The lowest BCUT2D eigenvalue weighted by molar-refractivity contribution is 0.0683. The highest BCUT2D eigenvalue weighted by atomic mass is 32.1. The van der Waals surface area contributed by atoms with Gasteiger partial charge in [-0.2, -0.15) is 0 Å². The van der Waals surface area contributed by atoms with E-state index in [2.05, 4.69) is 15.5 Å². The van der Waals surface area contributed by atoms with Crippen LogP contribution in [0, 0.1) is 0 Å². The number of hydrogen-bond acceptors (Lipinski definition) is 6. The molecular weight excluding hydrogens is 226 g/mol. The van der Waals surface area contributed by atoms with Gasteiger partial charge in [-0.25, -0.2) is 0 Å². The van der Waals surface area contributed by atoms with E-state index in [1.54, 1.807) is 11.3 Å². The van der Waals surface area contributed by atoms with Gasteiger partial charge in [-0.3, -0.25) is 0 Å². The summed E-state index contributed by atoms with van der Waals surface area (Å²) in [6, 6.07) is 3.95. The molecule has 3 heterocycles. The third-order valence-corrected chi connectivity index (χ3v) is 3.25. The van der Waals surface area contributed by atoms with Crippen LogP contribution in [0.15, 0.2) is 21.9 Å². The second kappa shape index (κ2) is 4.32. The highest BCUT2D eigenvalue weighted by Gasteiger charge is 2.21. The summed E-state index contributed by atoms with van der Waals surface area (Å²) in [6.45, 7) is 2.15. The van der Waals surface area contributed by atoms with Crippen molar-refractivity contribution in [1.82, 2.24) is 15.5 Å². The maximum absolute atomic E-state index is 5.61. The van der Waals surface area contributed by atoms with Crippen LogP contribution in [0.5, 0.6) is 0 Å². The topological polar surface area (TPSA) is 60.2 Å². The van der Waals surface area contributed by atoms with E-state index in [-0.39, 0.29) is 6.04 Å². The molecule has 5 nitrogen and oxygen atoms in total. The molecule has 2 aromatic heterocycles. The van der Waals surface area contributed by atoms with E-state index in [9.17, 15) is 0 Å². The van der Waals surface area contributed by atoms with Crippen molar-refractivity contribution in [2.24, 2.45) is 0 Å². The molecule has 1 fully saturated rings. The fourth-order valence-corrected chi connectivity index (χ4v) is 2.24. The summed E-state index contributed by atoms with van der Waals surface area (Å²) in [5.74, 6) is 1.18. The van der Waals surface area contributed by atoms with E-state index in [0.29, 0.717) is 18.4 Å². The van der Waals surface area contributed by atoms with Gasteiger partial charge in [0, 0.05) is 6.54 Å². The Kier molecular flexibility index (Phi) is 2.69. The molecule has 84 valence electrons. The molecule has 0 saturated carbocycles. The van der Waals surface area contributed by atoms with Gasteiger partial charge in [-0.05, 0) is 11.4 Å². The third kappa shape index (κ3) is 1.87. The van der Waals surface area contributed by atoms with Crippen LogP contribution in [-0.4, -0.2) is 30.0 Å². The van der Waals surface area contributed by atoms with Crippen molar-refractivity contribution < 1.29 is 9.15 Å². The second-order valence-electron chi connectivity index (χ2n) is 3.50. The lowest BCUT2D eigenvalue weighted by atomic mass is 10.3. The molecular formula is C10H11N3O2S. The molecule has 0 unspecified atom stereocenters. The fourth-order valence-electron chi connectivity index (χ4n) is 1.60. The summed E-state index contributed by atoms with van der Waals surface area (Å²) in [4.78, 5) is 0.996. The van der Waals surface area contributed by atoms with Crippen LogP contribution in [0.3, 0.4) is 0 Å². The second-order valence-corrected chi connectivity index (χ2v) is 4.45. The van der Waals surface area contributed by atoms with Crippen molar-refractivity contribution in [3.05, 3.63) is 23.4 Å². The molecule has 0 spiro atoms. The van der Waals surface area contributed by atoms with Gasteiger partial charge >= 0.3 is 0 Å². The predicted molar refractivity (Wildman–Crippen MR) is 59.2 cm³/mol. The molecule has 3 rings (SSSR count). The maximum Gasteiger partial charge on any atom is 0.257 e. The molecule has 16 heavy (non-hydrogen) atoms. The molecule has 2 aromatic rings. The van der Waals surface area contributed by atoms with E-state index in [4.69, 9.17) is 9.15 Å². The molecule has 1 saturated heterocycles. The first-order valence-corrected chi connectivity index (χ1v) is 6.00. The molecule has 1 N–H and O–H groups in total. The van der Waals surface area contributed by atoms with E-state index in [1.165, 1.54) is 0 Å². The molecule has 0 bridgehead atoms. The van der Waals surface area contributed by atoms with Gasteiger partial charge in [0.25, 0.3) is 5.89 Å². The van der Waals surface area contributed by atoms with Crippen molar-refractivity contribution in [2.75, 3.05) is 19.8 Å². The van der Waals surface area contributed by atoms with Crippen molar-refractivity contribution in [2.45, 2.75) is 6.04 Å². The zero-order valence-corrected chi connectivity index (χ0v) is 9.37. The van der Waals surface area contributed by atoms with Crippen molar-refractivity contribution in [3.8, 4) is 10.8 Å². The lowest BCUT2D eigenvalue weighted by Crippen LogP contribution is -2.34. The maximum atomic E-state index is 5.61. The van der Waals surface area contributed by atoms with Crippen LogP contribution in [0.4, 0.5) is 0 Å². The molecule has 0 aliphatic carbocycles. The van der Waals surface area contributed by atoms with E-state index in [1.807, 2.05) is 17.5 Å². The number of nitrogens with zero attached hydrogens (tertiary/aromatic N) is 2. The SMILES string of the molecule is c1csc(-c2nnc([C@H]3COCCN3)o2)c1. The van der Waals surface area contributed by atoms with Crippen LogP contribution in [0.1, 0.15) is 11.9 Å². The number of aromatic nitrogens is 2. The minimum atomic E-state index is 0.0231. The summed E-state index contributed by atoms with van der Waals surface area (Å²) in [7, 11) is 0. The normalized spacial score (nSPS) is 21.1. The molecule has 0 amide bonds. The number of thiophene rings is 1. The monoisotopic (exact) mass is 237 g/mol. The van der Waals surface area contributed by atoms with Gasteiger partial charge in [0.2, 0.25) is 5.89 Å². The highest BCUT2D eigenvalue weighted by Crippen LogP contribution is 2.25. The van der Waals surface area contributed by atoms with Crippen LogP contribution in [-0.2, 0) is 4.74 Å². The Morgan fingerprint density at radius 2 is 2.44 bits per heavy atom. The molecule has 0 aromatic carbocycles. The average Bonchev–Trinajstić information content (AvgIpc) is 3.01. The summed E-state index contributed by atoms with van der Waals surface area (Å²) in [5.41, 5.74) is 0. The Balaban J connectivity index is 1.82. The van der Waals surface area contributed by atoms with Crippen molar-refractivity contribution >= 4 is 11.3 Å². The first-order valence-electron chi connectivity index (χ1n) is 5.12. The van der Waals surface area contributed by atoms with Gasteiger partial charge in [0.15, 0.2) is 0 Å².